The molecule has 1 amide bonds. The van der Waals surface area contributed by atoms with Gasteiger partial charge in [0.2, 0.25) is 5.91 Å². The quantitative estimate of drug-likeness (QED) is 0.601. The molecule has 0 radical (unpaired) electrons. The predicted octanol–water partition coefficient (Wildman–Crippen LogP) is 5.30. The smallest absolute Gasteiger partial charge is 0.231 e. The van der Waals surface area contributed by atoms with Gasteiger partial charge in [-0.15, -0.1) is 0 Å². The minimum absolute atomic E-state index is 0.0948. The van der Waals surface area contributed by atoms with Crippen molar-refractivity contribution in [3.8, 4) is 12.1 Å². The van der Waals surface area contributed by atoms with E-state index in [2.05, 4.69) is 17.5 Å². The van der Waals surface area contributed by atoms with E-state index in [9.17, 15) is 4.79 Å². The summed E-state index contributed by atoms with van der Waals surface area (Å²) in [5.41, 5.74) is 3.11. The van der Waals surface area contributed by atoms with Gasteiger partial charge in [0.1, 0.15) is 0 Å². The minimum Gasteiger partial charge on any atom is -0.325 e. The molecule has 4 heteroatoms. The third-order valence-electron chi connectivity index (χ3n) is 4.91. The Labute approximate surface area is 165 Å². The number of hydrogen-bond acceptors (Lipinski definition) is 3. The summed E-state index contributed by atoms with van der Waals surface area (Å²) < 4.78 is 0. The van der Waals surface area contributed by atoms with Crippen LogP contribution in [0.1, 0.15) is 42.4 Å². The number of nitrogens with zero attached hydrogens (tertiary/aromatic N) is 2. The number of nitrogens with one attached hydrogen (secondary N) is 1. The monoisotopic (exact) mass is 367 g/mol. The van der Waals surface area contributed by atoms with E-state index in [1.807, 2.05) is 49.4 Å². The fourth-order valence-corrected chi connectivity index (χ4v) is 3.36. The maximum absolute atomic E-state index is 13.0. The van der Waals surface area contributed by atoms with Crippen LogP contribution in [0.15, 0.2) is 60.7 Å². The molecule has 1 unspecified atom stereocenters. The van der Waals surface area contributed by atoms with Gasteiger partial charge < -0.3 is 5.32 Å². The van der Waals surface area contributed by atoms with Gasteiger partial charge in [-0.25, -0.2) is 0 Å². The van der Waals surface area contributed by atoms with Crippen LogP contribution in [-0.2, 0) is 11.2 Å². The van der Waals surface area contributed by atoms with Crippen LogP contribution in [0, 0.1) is 22.7 Å². The molecule has 4 nitrogen and oxygen atoms in total. The van der Waals surface area contributed by atoms with Crippen molar-refractivity contribution in [3.63, 3.8) is 0 Å². The Morgan fingerprint density at radius 2 is 1.86 bits per heavy atom. The van der Waals surface area contributed by atoms with Gasteiger partial charge >= 0.3 is 0 Å². The minimum atomic E-state index is -0.325. The molecular weight excluding hydrogens is 346 g/mol. The second-order valence-corrected chi connectivity index (χ2v) is 6.77. The van der Waals surface area contributed by atoms with Gasteiger partial charge in [-0.3, -0.25) is 4.79 Å². The third-order valence-corrected chi connectivity index (χ3v) is 4.91. The van der Waals surface area contributed by atoms with Crippen LogP contribution in [0.3, 0.4) is 0 Å². The number of fused-ring (bicyclic) bond motifs is 1. The highest BCUT2D eigenvalue weighted by Gasteiger charge is 2.18. The Morgan fingerprint density at radius 3 is 2.64 bits per heavy atom. The molecule has 3 rings (SSSR count). The number of aryl methyl sites for hydroxylation is 1. The molecule has 0 saturated carbocycles. The van der Waals surface area contributed by atoms with E-state index < -0.39 is 0 Å². The lowest BCUT2D eigenvalue weighted by Crippen LogP contribution is -2.20. The Hall–Kier alpha value is -3.63. The summed E-state index contributed by atoms with van der Waals surface area (Å²) >= 11 is 0. The molecule has 1 N–H and O–H groups in total. The molecule has 0 aromatic heterocycles. The standard InChI is InChI=1S/C24H21N3O/c1-17(21-11-6-9-19-7-2-3-10-22(19)21)24(28)27-23-13-12-18(16-26)15-20(23)8-4-5-14-25/h2-3,6-7,9-13,15,17H,4-5,8H2,1H3,(H,27,28). The largest absolute Gasteiger partial charge is 0.325 e. The molecule has 0 aliphatic heterocycles. The van der Waals surface area contributed by atoms with Crippen LogP contribution >= 0.6 is 0 Å². The number of benzene rings is 3. The van der Waals surface area contributed by atoms with Gasteiger partial charge in [0.25, 0.3) is 0 Å². The fourth-order valence-electron chi connectivity index (χ4n) is 3.36. The van der Waals surface area contributed by atoms with Crippen molar-refractivity contribution >= 4 is 22.4 Å². The lowest BCUT2D eigenvalue weighted by atomic mass is 9.94. The highest BCUT2D eigenvalue weighted by atomic mass is 16.1. The first-order valence-corrected chi connectivity index (χ1v) is 9.32. The molecule has 0 bridgehead atoms. The zero-order chi connectivity index (χ0) is 19.9. The van der Waals surface area contributed by atoms with E-state index in [1.54, 1.807) is 18.2 Å². The van der Waals surface area contributed by atoms with E-state index in [4.69, 9.17) is 10.5 Å². The van der Waals surface area contributed by atoms with Crippen molar-refractivity contribution in [3.05, 3.63) is 77.4 Å². The Morgan fingerprint density at radius 1 is 1.07 bits per heavy atom. The number of anilines is 1. The van der Waals surface area contributed by atoms with Crippen molar-refractivity contribution in [2.24, 2.45) is 0 Å². The summed E-state index contributed by atoms with van der Waals surface area (Å²) in [7, 11) is 0. The van der Waals surface area contributed by atoms with Gasteiger partial charge in [0.15, 0.2) is 0 Å². The lowest BCUT2D eigenvalue weighted by molar-refractivity contribution is -0.117. The van der Waals surface area contributed by atoms with Crippen LogP contribution in [0.5, 0.6) is 0 Å². The second-order valence-electron chi connectivity index (χ2n) is 6.77. The predicted molar refractivity (Wildman–Crippen MR) is 111 cm³/mol. The second kappa shape index (κ2) is 8.84. The van der Waals surface area contributed by atoms with Gasteiger partial charge in [0.05, 0.1) is 23.6 Å². The van der Waals surface area contributed by atoms with E-state index in [0.29, 0.717) is 30.5 Å². The maximum Gasteiger partial charge on any atom is 0.231 e. The van der Waals surface area contributed by atoms with Crippen molar-refractivity contribution in [1.82, 2.24) is 0 Å². The molecule has 0 aliphatic rings. The summed E-state index contributed by atoms with van der Waals surface area (Å²) in [6.07, 6.45) is 1.77. The first kappa shape index (κ1) is 19.1. The number of amides is 1. The van der Waals surface area contributed by atoms with Crippen molar-refractivity contribution < 1.29 is 4.79 Å². The molecule has 138 valence electrons. The highest BCUT2D eigenvalue weighted by molar-refractivity contribution is 5.99. The molecule has 0 spiro atoms. The summed E-state index contributed by atoms with van der Waals surface area (Å²) in [4.78, 5) is 13.0. The van der Waals surface area contributed by atoms with Gasteiger partial charge in [-0.2, -0.15) is 10.5 Å². The number of rotatable bonds is 6. The van der Waals surface area contributed by atoms with Crippen LogP contribution in [0.2, 0.25) is 0 Å². The third kappa shape index (κ3) is 4.19. The number of nitriles is 2. The summed E-state index contributed by atoms with van der Waals surface area (Å²) in [6.45, 7) is 1.90. The first-order valence-electron chi connectivity index (χ1n) is 9.32. The van der Waals surface area contributed by atoms with Crippen molar-refractivity contribution in [2.75, 3.05) is 5.32 Å². The Kier molecular flexibility index (Phi) is 6.04. The van der Waals surface area contributed by atoms with E-state index >= 15 is 0 Å². The van der Waals surface area contributed by atoms with Crippen LogP contribution in [0.4, 0.5) is 5.69 Å². The molecular formula is C24H21N3O. The van der Waals surface area contributed by atoms with E-state index in [-0.39, 0.29) is 11.8 Å². The van der Waals surface area contributed by atoms with Crippen LogP contribution in [-0.4, -0.2) is 5.91 Å². The maximum atomic E-state index is 13.0. The zero-order valence-electron chi connectivity index (χ0n) is 15.8. The molecule has 28 heavy (non-hydrogen) atoms. The van der Waals surface area contributed by atoms with Crippen molar-refractivity contribution in [2.45, 2.75) is 32.1 Å². The van der Waals surface area contributed by atoms with Gasteiger partial charge in [0, 0.05) is 12.1 Å². The average Bonchev–Trinajstić information content (AvgIpc) is 2.74. The van der Waals surface area contributed by atoms with Gasteiger partial charge in [-0.05, 0) is 59.9 Å². The summed E-state index contributed by atoms with van der Waals surface area (Å²) in [6, 6.07) is 23.5. The first-order chi connectivity index (χ1) is 13.6. The van der Waals surface area contributed by atoms with Crippen LogP contribution < -0.4 is 5.32 Å². The molecule has 0 saturated heterocycles. The molecule has 0 aliphatic carbocycles. The molecule has 1 atom stereocenters. The zero-order valence-corrected chi connectivity index (χ0v) is 15.8. The van der Waals surface area contributed by atoms with E-state index in [1.165, 1.54) is 0 Å². The topological polar surface area (TPSA) is 76.7 Å². The molecule has 0 fully saturated rings. The van der Waals surface area contributed by atoms with Crippen LogP contribution in [0.25, 0.3) is 10.8 Å². The normalized spacial score (nSPS) is 11.4. The highest BCUT2D eigenvalue weighted by Crippen LogP contribution is 2.28. The SMILES string of the molecule is CC(C(=O)Nc1ccc(C#N)cc1CCCC#N)c1cccc2ccccc12. The molecule has 3 aromatic rings. The summed E-state index contributed by atoms with van der Waals surface area (Å²) in [5, 5.41) is 23.1. The average molecular weight is 367 g/mol. The van der Waals surface area contributed by atoms with E-state index in [0.717, 1.165) is 21.9 Å². The number of carbonyl (C=O) groups excluding carboxylic acids is 1. The lowest BCUT2D eigenvalue weighted by Gasteiger charge is -2.17. The fraction of sp³-hybridized carbons (Fsp3) is 0.208. The number of unbranched alkanes of at least 4 members (excludes halogenated alkanes) is 1. The number of hydrogen-bond donors (Lipinski definition) is 1. The molecule has 3 aromatic carbocycles. The van der Waals surface area contributed by atoms with Gasteiger partial charge in [-0.1, -0.05) is 42.5 Å². The Bertz CT molecular complexity index is 1080. The molecule has 0 heterocycles. The summed E-state index contributed by atoms with van der Waals surface area (Å²) in [5.74, 6) is -0.420. The number of carbonyl (C=O) groups is 1. The Balaban J connectivity index is 1.86. The van der Waals surface area contributed by atoms with Crippen molar-refractivity contribution in [1.29, 1.82) is 10.5 Å².